The molecule has 0 heterocycles. The predicted molar refractivity (Wildman–Crippen MR) is 80.8 cm³/mol. The minimum Gasteiger partial charge on any atom is -0.478 e. The number of anilines is 1. The zero-order chi connectivity index (χ0) is 13.8. The van der Waals surface area contributed by atoms with Gasteiger partial charge in [-0.2, -0.15) is 0 Å². The smallest absolute Gasteiger partial charge is 0.336 e. The van der Waals surface area contributed by atoms with E-state index >= 15 is 0 Å². The third-order valence-corrected chi connectivity index (χ3v) is 4.59. The van der Waals surface area contributed by atoms with Gasteiger partial charge in [-0.1, -0.05) is 26.2 Å². The van der Waals surface area contributed by atoms with Gasteiger partial charge >= 0.3 is 5.97 Å². The van der Waals surface area contributed by atoms with Crippen LogP contribution in [-0.2, 0) is 0 Å². The molecule has 1 saturated carbocycles. The quantitative estimate of drug-likeness (QED) is 0.855. The van der Waals surface area contributed by atoms with Gasteiger partial charge in [-0.15, -0.1) is 0 Å². The maximum absolute atomic E-state index is 11.0. The van der Waals surface area contributed by atoms with Crippen molar-refractivity contribution in [2.45, 2.75) is 45.1 Å². The van der Waals surface area contributed by atoms with Crippen LogP contribution in [0.15, 0.2) is 22.7 Å². The molecule has 0 radical (unpaired) electrons. The lowest BCUT2D eigenvalue weighted by Crippen LogP contribution is -2.27. The van der Waals surface area contributed by atoms with Gasteiger partial charge in [0.15, 0.2) is 0 Å². The average Bonchev–Trinajstić information content (AvgIpc) is 2.38. The number of nitrogens with one attached hydrogen (secondary N) is 1. The van der Waals surface area contributed by atoms with E-state index in [1.165, 1.54) is 32.1 Å². The molecule has 0 aliphatic heterocycles. The Bertz CT molecular complexity index is 461. The van der Waals surface area contributed by atoms with Crippen LogP contribution in [0.1, 0.15) is 49.4 Å². The van der Waals surface area contributed by atoms with E-state index in [1.54, 1.807) is 6.07 Å². The number of carboxylic acids is 1. The molecule has 1 aromatic carbocycles. The molecule has 3 nitrogen and oxygen atoms in total. The lowest BCUT2D eigenvalue weighted by molar-refractivity contribution is 0.0696. The maximum atomic E-state index is 11.0. The highest BCUT2D eigenvalue weighted by atomic mass is 79.9. The monoisotopic (exact) mass is 325 g/mol. The molecule has 4 heteroatoms. The van der Waals surface area contributed by atoms with Crippen molar-refractivity contribution in [2.24, 2.45) is 5.92 Å². The van der Waals surface area contributed by atoms with Crippen LogP contribution in [0.2, 0.25) is 0 Å². The highest BCUT2D eigenvalue weighted by Crippen LogP contribution is 2.29. The van der Waals surface area contributed by atoms with Gasteiger partial charge < -0.3 is 10.4 Å². The summed E-state index contributed by atoms with van der Waals surface area (Å²) in [6.07, 6.45) is 6.30. The number of halogens is 1. The Labute approximate surface area is 122 Å². The van der Waals surface area contributed by atoms with Crippen LogP contribution in [0.3, 0.4) is 0 Å². The largest absolute Gasteiger partial charge is 0.478 e. The Morgan fingerprint density at radius 3 is 2.89 bits per heavy atom. The molecular weight excluding hydrogens is 306 g/mol. The van der Waals surface area contributed by atoms with E-state index in [-0.39, 0.29) is 0 Å². The Hall–Kier alpha value is -1.03. The van der Waals surface area contributed by atoms with Crippen molar-refractivity contribution in [1.29, 1.82) is 0 Å². The summed E-state index contributed by atoms with van der Waals surface area (Å²) >= 11 is 3.32. The van der Waals surface area contributed by atoms with Crippen LogP contribution in [0.25, 0.3) is 0 Å². The number of hydrogen-bond acceptors (Lipinski definition) is 2. The molecule has 104 valence electrons. The van der Waals surface area contributed by atoms with Gasteiger partial charge in [-0.25, -0.2) is 4.79 Å². The summed E-state index contributed by atoms with van der Waals surface area (Å²) in [5.74, 6) is -0.0740. The van der Waals surface area contributed by atoms with Crippen molar-refractivity contribution in [3.63, 3.8) is 0 Å². The lowest BCUT2D eigenvalue weighted by Gasteiger charge is -2.30. The normalized spacial score (nSPS) is 23.1. The van der Waals surface area contributed by atoms with Gasteiger partial charge in [0.1, 0.15) is 0 Å². The first-order valence-electron chi connectivity index (χ1n) is 6.89. The van der Waals surface area contributed by atoms with E-state index < -0.39 is 5.97 Å². The lowest BCUT2D eigenvalue weighted by atomic mass is 9.84. The van der Waals surface area contributed by atoms with Crippen molar-refractivity contribution < 1.29 is 9.90 Å². The summed E-state index contributed by atoms with van der Waals surface area (Å²) in [5.41, 5.74) is 1.30. The second kappa shape index (κ2) is 6.42. The number of hydrogen-bond donors (Lipinski definition) is 2. The van der Waals surface area contributed by atoms with Gasteiger partial charge in [0.2, 0.25) is 0 Å². The molecule has 0 saturated heterocycles. The fourth-order valence-corrected chi connectivity index (χ4v) is 3.36. The molecule has 19 heavy (non-hydrogen) atoms. The van der Waals surface area contributed by atoms with Crippen LogP contribution in [0.5, 0.6) is 0 Å². The molecule has 1 aromatic rings. The molecule has 2 rings (SSSR count). The predicted octanol–water partition coefficient (Wildman–Crippen LogP) is 4.53. The second-order valence-electron chi connectivity index (χ2n) is 5.28. The fourth-order valence-electron chi connectivity index (χ4n) is 2.81. The molecule has 0 amide bonds. The van der Waals surface area contributed by atoms with Crippen molar-refractivity contribution >= 4 is 27.6 Å². The van der Waals surface area contributed by atoms with Crippen LogP contribution in [0.4, 0.5) is 5.69 Å². The van der Waals surface area contributed by atoms with E-state index in [2.05, 4.69) is 28.2 Å². The molecule has 1 aliphatic carbocycles. The Morgan fingerprint density at radius 2 is 2.26 bits per heavy atom. The topological polar surface area (TPSA) is 49.3 Å². The first kappa shape index (κ1) is 14.4. The second-order valence-corrected chi connectivity index (χ2v) is 6.14. The average molecular weight is 326 g/mol. The molecule has 2 unspecified atom stereocenters. The Balaban J connectivity index is 2.03. The summed E-state index contributed by atoms with van der Waals surface area (Å²) in [6.45, 7) is 2.26. The van der Waals surface area contributed by atoms with E-state index in [1.807, 2.05) is 12.1 Å². The molecule has 0 bridgehead atoms. The number of carboxylic acid groups (broad SMARTS) is 1. The first-order chi connectivity index (χ1) is 9.10. The highest BCUT2D eigenvalue weighted by Gasteiger charge is 2.20. The minimum atomic E-state index is -0.901. The standard InChI is InChI=1S/C15H20BrNO2/c1-2-10-4-3-5-11(8-10)17-12-6-7-13(15(18)19)14(16)9-12/h6-7,9-11,17H,2-5,8H2,1H3,(H,18,19). The number of carbonyl (C=O) groups is 1. The number of rotatable bonds is 4. The minimum absolute atomic E-state index is 0.306. The van der Waals surface area contributed by atoms with Crippen molar-refractivity contribution in [3.8, 4) is 0 Å². The number of aromatic carboxylic acids is 1. The molecule has 1 fully saturated rings. The van der Waals surface area contributed by atoms with Crippen LogP contribution in [-0.4, -0.2) is 17.1 Å². The fraction of sp³-hybridized carbons (Fsp3) is 0.533. The van der Waals surface area contributed by atoms with Gasteiger partial charge in [0.25, 0.3) is 0 Å². The van der Waals surface area contributed by atoms with Crippen LogP contribution < -0.4 is 5.32 Å². The third-order valence-electron chi connectivity index (χ3n) is 3.93. The molecule has 0 aromatic heterocycles. The number of benzene rings is 1. The maximum Gasteiger partial charge on any atom is 0.336 e. The van der Waals surface area contributed by atoms with Crippen LogP contribution in [0, 0.1) is 5.92 Å². The molecule has 2 atom stereocenters. The summed E-state index contributed by atoms with van der Waals surface area (Å²) in [5, 5.41) is 12.5. The zero-order valence-electron chi connectivity index (χ0n) is 11.2. The first-order valence-corrected chi connectivity index (χ1v) is 7.68. The molecule has 1 aliphatic rings. The molecular formula is C15H20BrNO2. The third kappa shape index (κ3) is 3.72. The van der Waals surface area contributed by atoms with Crippen molar-refractivity contribution in [1.82, 2.24) is 0 Å². The van der Waals surface area contributed by atoms with Gasteiger partial charge in [-0.3, -0.25) is 0 Å². The molecule has 0 spiro atoms. The molecule has 2 N–H and O–H groups in total. The Kier molecular flexibility index (Phi) is 4.86. The summed E-state index contributed by atoms with van der Waals surface area (Å²) in [6, 6.07) is 5.87. The van der Waals surface area contributed by atoms with E-state index in [0.717, 1.165) is 11.6 Å². The van der Waals surface area contributed by atoms with E-state index in [0.29, 0.717) is 16.1 Å². The van der Waals surface area contributed by atoms with Gasteiger partial charge in [0.05, 0.1) is 5.56 Å². The van der Waals surface area contributed by atoms with Crippen LogP contribution >= 0.6 is 15.9 Å². The van der Waals surface area contributed by atoms with E-state index in [9.17, 15) is 4.79 Å². The van der Waals surface area contributed by atoms with Crippen molar-refractivity contribution in [3.05, 3.63) is 28.2 Å². The van der Waals surface area contributed by atoms with Gasteiger partial charge in [-0.05, 0) is 52.9 Å². The summed E-state index contributed by atoms with van der Waals surface area (Å²) < 4.78 is 0.632. The SMILES string of the molecule is CCC1CCCC(Nc2ccc(C(=O)O)c(Br)c2)C1. The van der Waals surface area contributed by atoms with Crippen molar-refractivity contribution in [2.75, 3.05) is 5.32 Å². The summed E-state index contributed by atoms with van der Waals surface area (Å²) in [4.78, 5) is 11.0. The Morgan fingerprint density at radius 1 is 1.47 bits per heavy atom. The zero-order valence-corrected chi connectivity index (χ0v) is 12.7. The summed E-state index contributed by atoms with van der Waals surface area (Å²) in [7, 11) is 0. The van der Waals surface area contributed by atoms with Gasteiger partial charge in [0, 0.05) is 16.2 Å². The highest BCUT2D eigenvalue weighted by molar-refractivity contribution is 9.10. The van der Waals surface area contributed by atoms with E-state index in [4.69, 9.17) is 5.11 Å².